The number of hydrogen-bond donors (Lipinski definition) is 0. The van der Waals surface area contributed by atoms with E-state index in [-0.39, 0.29) is 5.78 Å². The van der Waals surface area contributed by atoms with Crippen LogP contribution in [0, 0.1) is 5.92 Å². The maximum Gasteiger partial charge on any atom is 0.180 e. The molecule has 21 heavy (non-hydrogen) atoms. The molecule has 0 bridgehead atoms. The summed E-state index contributed by atoms with van der Waals surface area (Å²) in [7, 11) is 2.07. The molecule has 0 amide bonds. The number of hydrogen-bond acceptors (Lipinski definition) is 3. The third-order valence-corrected chi connectivity index (χ3v) is 4.78. The van der Waals surface area contributed by atoms with Crippen LogP contribution in [0.5, 0.6) is 0 Å². The van der Waals surface area contributed by atoms with Crippen LogP contribution in [0.4, 0.5) is 0 Å². The molecule has 1 fully saturated rings. The number of fused-ring (bicyclic) bond motifs is 1. The second kappa shape index (κ2) is 6.02. The highest BCUT2D eigenvalue weighted by Gasteiger charge is 2.24. The van der Waals surface area contributed by atoms with Gasteiger partial charge in [0.2, 0.25) is 0 Å². The average molecular weight is 285 g/mol. The Morgan fingerprint density at radius 1 is 1.24 bits per heavy atom. The largest absolute Gasteiger partial charge is 0.464 e. The minimum Gasteiger partial charge on any atom is -0.464 e. The topological polar surface area (TPSA) is 33.5 Å². The molecule has 112 valence electrons. The van der Waals surface area contributed by atoms with Gasteiger partial charge >= 0.3 is 0 Å². The molecule has 3 nitrogen and oxygen atoms in total. The number of benzene rings is 1. The minimum atomic E-state index is 0.154. The summed E-state index contributed by atoms with van der Waals surface area (Å²) in [5, 5.41) is 0.924. The van der Waals surface area contributed by atoms with Crippen molar-refractivity contribution in [3.8, 4) is 0 Å². The van der Waals surface area contributed by atoms with E-state index in [9.17, 15) is 4.79 Å². The fraction of sp³-hybridized carbons (Fsp3) is 0.500. The SMILES string of the molecule is CC1CCC(N(C)CC(=O)c2coc3ccccc23)CC1. The highest BCUT2D eigenvalue weighted by Crippen LogP contribution is 2.27. The van der Waals surface area contributed by atoms with Crippen molar-refractivity contribution in [3.63, 3.8) is 0 Å². The number of likely N-dealkylation sites (N-methyl/N-ethyl adjacent to an activating group) is 1. The summed E-state index contributed by atoms with van der Waals surface area (Å²) in [6.07, 6.45) is 6.56. The first-order valence-electron chi connectivity index (χ1n) is 7.85. The predicted molar refractivity (Wildman–Crippen MR) is 84.6 cm³/mol. The number of para-hydroxylation sites is 1. The number of rotatable bonds is 4. The normalized spacial score (nSPS) is 22.8. The van der Waals surface area contributed by atoms with Crippen molar-refractivity contribution < 1.29 is 9.21 Å². The molecule has 1 aromatic heterocycles. The standard InChI is InChI=1S/C18H23NO2/c1-13-7-9-14(10-8-13)19(2)11-17(20)16-12-21-18-6-4-3-5-15(16)18/h3-6,12-14H,7-11H2,1-2H3. The van der Waals surface area contributed by atoms with Crippen molar-refractivity contribution in [2.75, 3.05) is 13.6 Å². The molecule has 1 aliphatic carbocycles. The van der Waals surface area contributed by atoms with E-state index in [0.29, 0.717) is 18.2 Å². The van der Waals surface area contributed by atoms with E-state index >= 15 is 0 Å². The van der Waals surface area contributed by atoms with Gasteiger partial charge in [0.1, 0.15) is 11.8 Å². The van der Waals surface area contributed by atoms with Gasteiger partial charge in [-0.25, -0.2) is 0 Å². The molecule has 0 radical (unpaired) electrons. The summed E-state index contributed by atoms with van der Waals surface area (Å²) in [5.74, 6) is 0.990. The highest BCUT2D eigenvalue weighted by molar-refractivity contribution is 6.08. The lowest BCUT2D eigenvalue weighted by Crippen LogP contribution is -2.38. The first-order chi connectivity index (χ1) is 10.1. The zero-order chi connectivity index (χ0) is 14.8. The molecule has 0 N–H and O–H groups in total. The van der Waals surface area contributed by atoms with Gasteiger partial charge in [0.25, 0.3) is 0 Å². The molecule has 1 aromatic carbocycles. The van der Waals surface area contributed by atoms with Gasteiger partial charge < -0.3 is 4.42 Å². The minimum absolute atomic E-state index is 0.154. The third kappa shape index (κ3) is 3.03. The lowest BCUT2D eigenvalue weighted by atomic mass is 9.86. The van der Waals surface area contributed by atoms with Crippen LogP contribution in [0.1, 0.15) is 43.0 Å². The van der Waals surface area contributed by atoms with Gasteiger partial charge in [-0.2, -0.15) is 0 Å². The van der Waals surface area contributed by atoms with Gasteiger partial charge in [0.15, 0.2) is 5.78 Å². The molecule has 0 spiro atoms. The molecule has 3 rings (SSSR count). The van der Waals surface area contributed by atoms with E-state index in [4.69, 9.17) is 4.42 Å². The first-order valence-corrected chi connectivity index (χ1v) is 7.85. The number of carbonyl (C=O) groups is 1. The van der Waals surface area contributed by atoms with Crippen LogP contribution in [-0.2, 0) is 0 Å². The molecule has 1 heterocycles. The van der Waals surface area contributed by atoms with Gasteiger partial charge in [-0.3, -0.25) is 9.69 Å². The smallest absolute Gasteiger partial charge is 0.180 e. The molecule has 0 atom stereocenters. The fourth-order valence-electron chi connectivity index (χ4n) is 3.32. The van der Waals surface area contributed by atoms with Crippen molar-refractivity contribution in [2.45, 2.75) is 38.6 Å². The molecule has 0 unspecified atom stereocenters. The maximum atomic E-state index is 12.5. The van der Waals surface area contributed by atoms with Gasteiger partial charge in [-0.1, -0.05) is 25.1 Å². The van der Waals surface area contributed by atoms with Crippen molar-refractivity contribution >= 4 is 16.8 Å². The Bertz CT molecular complexity index is 623. The molecule has 0 saturated heterocycles. The van der Waals surface area contributed by atoms with E-state index in [0.717, 1.165) is 16.9 Å². The van der Waals surface area contributed by atoms with Crippen LogP contribution in [-0.4, -0.2) is 30.3 Å². The van der Waals surface area contributed by atoms with E-state index in [1.54, 1.807) is 6.26 Å². The second-order valence-electron chi connectivity index (χ2n) is 6.40. The Balaban J connectivity index is 1.68. The maximum absolute atomic E-state index is 12.5. The van der Waals surface area contributed by atoms with Crippen LogP contribution in [0.2, 0.25) is 0 Å². The molecular weight excluding hydrogens is 262 g/mol. The highest BCUT2D eigenvalue weighted by atomic mass is 16.3. The van der Waals surface area contributed by atoms with E-state index in [2.05, 4.69) is 18.9 Å². The zero-order valence-corrected chi connectivity index (χ0v) is 12.8. The summed E-state index contributed by atoms with van der Waals surface area (Å²) < 4.78 is 5.47. The Morgan fingerprint density at radius 3 is 2.71 bits per heavy atom. The van der Waals surface area contributed by atoms with Crippen molar-refractivity contribution in [3.05, 3.63) is 36.1 Å². The van der Waals surface area contributed by atoms with Crippen molar-refractivity contribution in [2.24, 2.45) is 5.92 Å². The Labute approximate surface area is 125 Å². The summed E-state index contributed by atoms with van der Waals surface area (Å²) in [6, 6.07) is 8.27. The fourth-order valence-corrected chi connectivity index (χ4v) is 3.32. The first kappa shape index (κ1) is 14.3. The van der Waals surface area contributed by atoms with Gasteiger partial charge in [-0.05, 0) is 44.7 Å². The molecule has 1 aliphatic rings. The summed E-state index contributed by atoms with van der Waals surface area (Å²) in [6.45, 7) is 2.79. The monoisotopic (exact) mass is 285 g/mol. The van der Waals surface area contributed by atoms with Crippen molar-refractivity contribution in [1.82, 2.24) is 4.90 Å². The number of carbonyl (C=O) groups excluding carboxylic acids is 1. The quantitative estimate of drug-likeness (QED) is 0.792. The summed E-state index contributed by atoms with van der Waals surface area (Å²) in [4.78, 5) is 14.8. The molecule has 3 heteroatoms. The van der Waals surface area contributed by atoms with E-state index in [1.165, 1.54) is 25.7 Å². The summed E-state index contributed by atoms with van der Waals surface area (Å²) >= 11 is 0. The second-order valence-corrected chi connectivity index (χ2v) is 6.40. The zero-order valence-electron chi connectivity index (χ0n) is 12.8. The van der Waals surface area contributed by atoms with Crippen molar-refractivity contribution in [1.29, 1.82) is 0 Å². The molecule has 1 saturated carbocycles. The predicted octanol–water partition coefficient (Wildman–Crippen LogP) is 4.13. The molecular formula is C18H23NO2. The number of nitrogens with zero attached hydrogens (tertiary/aromatic N) is 1. The number of ketones is 1. The van der Waals surface area contributed by atoms with Gasteiger partial charge in [-0.15, -0.1) is 0 Å². The Hall–Kier alpha value is -1.61. The van der Waals surface area contributed by atoms with E-state index in [1.807, 2.05) is 24.3 Å². The van der Waals surface area contributed by atoms with E-state index < -0.39 is 0 Å². The third-order valence-electron chi connectivity index (χ3n) is 4.78. The van der Waals surface area contributed by atoms with Crippen LogP contribution < -0.4 is 0 Å². The van der Waals surface area contributed by atoms with Crippen LogP contribution in [0.25, 0.3) is 11.0 Å². The molecule has 2 aromatic rings. The van der Waals surface area contributed by atoms with Gasteiger partial charge in [0.05, 0.1) is 12.1 Å². The Kier molecular flexibility index (Phi) is 4.11. The number of Topliss-reactive ketones (excluding diaryl/α,β-unsaturated/α-hetero) is 1. The van der Waals surface area contributed by atoms with Gasteiger partial charge in [0, 0.05) is 11.4 Å². The van der Waals surface area contributed by atoms with Crippen LogP contribution in [0.15, 0.2) is 34.9 Å². The molecule has 0 aliphatic heterocycles. The van der Waals surface area contributed by atoms with Crippen LogP contribution >= 0.6 is 0 Å². The van der Waals surface area contributed by atoms with Crippen LogP contribution in [0.3, 0.4) is 0 Å². The average Bonchev–Trinajstić information content (AvgIpc) is 2.92. The lowest BCUT2D eigenvalue weighted by molar-refractivity contribution is 0.0889. The number of furan rings is 1. The lowest BCUT2D eigenvalue weighted by Gasteiger charge is -2.33. The summed E-state index contributed by atoms with van der Waals surface area (Å²) in [5.41, 5.74) is 1.50. The Morgan fingerprint density at radius 2 is 1.95 bits per heavy atom.